The van der Waals surface area contributed by atoms with Crippen molar-refractivity contribution in [1.82, 2.24) is 0 Å². The Morgan fingerprint density at radius 2 is 2.18 bits per heavy atom. The van der Waals surface area contributed by atoms with Gasteiger partial charge in [0, 0.05) is 13.0 Å². The van der Waals surface area contributed by atoms with Crippen molar-refractivity contribution in [2.24, 2.45) is 11.5 Å². The van der Waals surface area contributed by atoms with Crippen molar-refractivity contribution in [3.05, 3.63) is 0 Å². The second-order valence-corrected chi connectivity index (χ2v) is 4.72. The maximum absolute atomic E-state index is 11.3. The lowest BCUT2D eigenvalue weighted by Crippen LogP contribution is -2.56. The van der Waals surface area contributed by atoms with Gasteiger partial charge >= 0.3 is 0 Å². The topological polar surface area (TPSA) is 87.6 Å². The first kappa shape index (κ1) is 14.4. The van der Waals surface area contributed by atoms with Crippen LogP contribution in [0.15, 0.2) is 0 Å². The van der Waals surface area contributed by atoms with Crippen LogP contribution in [0.2, 0.25) is 0 Å². The van der Waals surface area contributed by atoms with Gasteiger partial charge in [-0.3, -0.25) is 4.79 Å². The lowest BCUT2D eigenvalue weighted by atomic mass is 9.80. The number of hydrogen-bond donors (Lipinski definition) is 2. The standard InChI is InChI=1S/C12H24N2O3/c1-2-6-16-7-8-17-10-4-3-5-12(14,9-10)11(13)15/h10H,2-9,14H2,1H3,(H2,13,15). The zero-order chi connectivity index (χ0) is 12.7. The van der Waals surface area contributed by atoms with Crippen LogP contribution in [0.1, 0.15) is 39.0 Å². The SMILES string of the molecule is CCCOCCOC1CCCC(N)(C(N)=O)C1. The molecular weight excluding hydrogens is 220 g/mol. The molecule has 0 aromatic heterocycles. The van der Waals surface area contributed by atoms with Crippen molar-refractivity contribution < 1.29 is 14.3 Å². The highest BCUT2D eigenvalue weighted by Crippen LogP contribution is 2.27. The molecule has 1 fully saturated rings. The third-order valence-corrected chi connectivity index (χ3v) is 3.16. The van der Waals surface area contributed by atoms with Crippen LogP contribution in [0.4, 0.5) is 0 Å². The van der Waals surface area contributed by atoms with Gasteiger partial charge in [0.05, 0.1) is 24.9 Å². The molecule has 1 aliphatic rings. The molecule has 1 aliphatic carbocycles. The fourth-order valence-corrected chi connectivity index (χ4v) is 2.14. The monoisotopic (exact) mass is 244 g/mol. The van der Waals surface area contributed by atoms with E-state index in [1.165, 1.54) is 0 Å². The summed E-state index contributed by atoms with van der Waals surface area (Å²) < 4.78 is 11.0. The van der Waals surface area contributed by atoms with E-state index in [4.69, 9.17) is 20.9 Å². The van der Waals surface area contributed by atoms with E-state index in [2.05, 4.69) is 6.92 Å². The van der Waals surface area contributed by atoms with Gasteiger partial charge in [0.25, 0.3) is 0 Å². The number of nitrogens with two attached hydrogens (primary N) is 2. The number of hydrogen-bond acceptors (Lipinski definition) is 4. The van der Waals surface area contributed by atoms with E-state index in [9.17, 15) is 4.79 Å². The molecular formula is C12H24N2O3. The first-order chi connectivity index (χ1) is 8.08. The minimum absolute atomic E-state index is 0.0338. The average molecular weight is 244 g/mol. The molecule has 0 aliphatic heterocycles. The summed E-state index contributed by atoms with van der Waals surface area (Å²) in [6.45, 7) is 3.98. The molecule has 0 spiro atoms. The minimum Gasteiger partial charge on any atom is -0.379 e. The molecule has 1 saturated carbocycles. The Morgan fingerprint density at radius 3 is 2.82 bits per heavy atom. The summed E-state index contributed by atoms with van der Waals surface area (Å²) >= 11 is 0. The predicted molar refractivity (Wildman–Crippen MR) is 65.4 cm³/mol. The van der Waals surface area contributed by atoms with Crippen LogP contribution in [0.25, 0.3) is 0 Å². The number of amides is 1. The molecule has 0 aromatic carbocycles. The van der Waals surface area contributed by atoms with Gasteiger partial charge in [-0.05, 0) is 25.7 Å². The lowest BCUT2D eigenvalue weighted by molar-refractivity contribution is -0.126. The van der Waals surface area contributed by atoms with Crippen molar-refractivity contribution in [2.45, 2.75) is 50.7 Å². The molecule has 0 radical (unpaired) electrons. The summed E-state index contributed by atoms with van der Waals surface area (Å²) in [6.07, 6.45) is 4.06. The lowest BCUT2D eigenvalue weighted by Gasteiger charge is -2.35. The molecule has 1 amide bonds. The van der Waals surface area contributed by atoms with Gasteiger partial charge in [-0.15, -0.1) is 0 Å². The number of carbonyl (C=O) groups is 1. The van der Waals surface area contributed by atoms with Crippen LogP contribution < -0.4 is 11.5 Å². The average Bonchev–Trinajstić information content (AvgIpc) is 2.29. The zero-order valence-corrected chi connectivity index (χ0v) is 10.6. The molecule has 17 heavy (non-hydrogen) atoms. The van der Waals surface area contributed by atoms with E-state index in [1.54, 1.807) is 0 Å². The Labute approximate surface area is 103 Å². The molecule has 5 heteroatoms. The van der Waals surface area contributed by atoms with Crippen LogP contribution in [0, 0.1) is 0 Å². The summed E-state index contributed by atoms with van der Waals surface area (Å²) in [6, 6.07) is 0. The van der Waals surface area contributed by atoms with Crippen LogP contribution in [0.5, 0.6) is 0 Å². The molecule has 0 aromatic rings. The van der Waals surface area contributed by atoms with E-state index in [1.807, 2.05) is 0 Å². The molecule has 4 N–H and O–H groups in total. The fourth-order valence-electron chi connectivity index (χ4n) is 2.14. The zero-order valence-electron chi connectivity index (χ0n) is 10.6. The number of primary amides is 1. The maximum Gasteiger partial charge on any atom is 0.237 e. The second-order valence-electron chi connectivity index (χ2n) is 4.72. The highest BCUT2D eigenvalue weighted by molar-refractivity contribution is 5.84. The molecule has 5 nitrogen and oxygen atoms in total. The summed E-state index contributed by atoms with van der Waals surface area (Å²) in [5.41, 5.74) is 10.4. The van der Waals surface area contributed by atoms with Crippen molar-refractivity contribution in [3.8, 4) is 0 Å². The molecule has 0 saturated heterocycles. The van der Waals surface area contributed by atoms with Gasteiger partial charge in [0.15, 0.2) is 0 Å². The Hall–Kier alpha value is -0.650. The van der Waals surface area contributed by atoms with Crippen LogP contribution >= 0.6 is 0 Å². The molecule has 0 bridgehead atoms. The first-order valence-electron chi connectivity index (χ1n) is 6.36. The Bertz CT molecular complexity index is 248. The van der Waals surface area contributed by atoms with Gasteiger partial charge in [-0.1, -0.05) is 6.92 Å². The maximum atomic E-state index is 11.3. The summed E-state index contributed by atoms with van der Waals surface area (Å²) in [4.78, 5) is 11.3. The largest absolute Gasteiger partial charge is 0.379 e. The highest BCUT2D eigenvalue weighted by atomic mass is 16.5. The van der Waals surface area contributed by atoms with E-state index < -0.39 is 11.4 Å². The van der Waals surface area contributed by atoms with Crippen LogP contribution in [-0.4, -0.2) is 37.4 Å². The molecule has 2 unspecified atom stereocenters. The molecule has 1 rings (SSSR count). The van der Waals surface area contributed by atoms with Crippen molar-refractivity contribution >= 4 is 5.91 Å². The van der Waals surface area contributed by atoms with Gasteiger partial charge in [0.1, 0.15) is 0 Å². The Kier molecular flexibility index (Phi) is 5.88. The third-order valence-electron chi connectivity index (χ3n) is 3.16. The predicted octanol–water partition coefficient (Wildman–Crippen LogP) is 0.555. The van der Waals surface area contributed by atoms with Crippen molar-refractivity contribution in [3.63, 3.8) is 0 Å². The minimum atomic E-state index is -0.882. The van der Waals surface area contributed by atoms with Crippen LogP contribution in [-0.2, 0) is 14.3 Å². The summed E-state index contributed by atoms with van der Waals surface area (Å²) in [7, 11) is 0. The van der Waals surface area contributed by atoms with E-state index in [0.717, 1.165) is 25.9 Å². The molecule has 2 atom stereocenters. The summed E-state index contributed by atoms with van der Waals surface area (Å²) in [5.74, 6) is -0.423. The molecule has 100 valence electrons. The number of rotatable bonds is 7. The van der Waals surface area contributed by atoms with Crippen LogP contribution in [0.3, 0.4) is 0 Å². The first-order valence-corrected chi connectivity index (χ1v) is 6.36. The van der Waals surface area contributed by atoms with Gasteiger partial charge in [-0.2, -0.15) is 0 Å². The number of carbonyl (C=O) groups excluding carboxylic acids is 1. The third kappa shape index (κ3) is 4.61. The Morgan fingerprint density at radius 1 is 1.41 bits per heavy atom. The van der Waals surface area contributed by atoms with Gasteiger partial charge in [-0.25, -0.2) is 0 Å². The van der Waals surface area contributed by atoms with Crippen molar-refractivity contribution in [2.75, 3.05) is 19.8 Å². The summed E-state index contributed by atoms with van der Waals surface area (Å²) in [5, 5.41) is 0. The number of ether oxygens (including phenoxy) is 2. The van der Waals surface area contributed by atoms with E-state index in [0.29, 0.717) is 26.1 Å². The van der Waals surface area contributed by atoms with E-state index in [-0.39, 0.29) is 6.10 Å². The molecule has 0 heterocycles. The quantitative estimate of drug-likeness (QED) is 0.640. The van der Waals surface area contributed by atoms with Gasteiger partial charge < -0.3 is 20.9 Å². The second kappa shape index (κ2) is 6.93. The fraction of sp³-hybridized carbons (Fsp3) is 0.917. The normalized spacial score (nSPS) is 29.2. The van der Waals surface area contributed by atoms with Gasteiger partial charge in [0.2, 0.25) is 5.91 Å². The smallest absolute Gasteiger partial charge is 0.237 e. The Balaban J connectivity index is 2.23. The van der Waals surface area contributed by atoms with E-state index >= 15 is 0 Å². The highest BCUT2D eigenvalue weighted by Gasteiger charge is 2.38. The van der Waals surface area contributed by atoms with Crippen molar-refractivity contribution in [1.29, 1.82) is 0 Å².